The molecule has 0 radical (unpaired) electrons. The Kier molecular flexibility index (Phi) is 6.20. The van der Waals surface area contributed by atoms with Crippen molar-refractivity contribution in [2.24, 2.45) is 0 Å². The zero-order valence-corrected chi connectivity index (χ0v) is 12.0. The molecule has 0 saturated heterocycles. The van der Waals surface area contributed by atoms with E-state index in [-0.39, 0.29) is 35.4 Å². The van der Waals surface area contributed by atoms with Crippen LogP contribution >= 0.6 is 0 Å². The highest BCUT2D eigenvalue weighted by Crippen LogP contribution is 2.41. The molecule has 7 heteroatoms. The number of benzene rings is 1. The first-order chi connectivity index (χ1) is 9.54. The lowest BCUT2D eigenvalue weighted by molar-refractivity contribution is -0.129. The van der Waals surface area contributed by atoms with Crippen molar-refractivity contribution in [3.05, 3.63) is 24.8 Å². The standard InChI is InChI=1S/C13H16O6S/c1-4-11(14)19-9-7-8-10(20(15)16)13(18-6-3)12(9)17-5-2/h4,7-8H,1,5-6H2,2-3H3,(H,15,16)/p-1. The van der Waals surface area contributed by atoms with Gasteiger partial charge in [0.15, 0.2) is 11.5 Å². The van der Waals surface area contributed by atoms with E-state index < -0.39 is 17.0 Å². The maximum atomic E-state index is 11.3. The highest BCUT2D eigenvalue weighted by atomic mass is 32.2. The van der Waals surface area contributed by atoms with Crippen LogP contribution in [0, 0.1) is 0 Å². The van der Waals surface area contributed by atoms with Crippen molar-refractivity contribution < 1.29 is 27.8 Å². The van der Waals surface area contributed by atoms with Crippen molar-refractivity contribution in [3.8, 4) is 17.2 Å². The van der Waals surface area contributed by atoms with Crippen molar-refractivity contribution >= 4 is 17.0 Å². The van der Waals surface area contributed by atoms with Gasteiger partial charge in [0.2, 0.25) is 5.75 Å². The Bertz CT molecular complexity index is 526. The lowest BCUT2D eigenvalue weighted by atomic mass is 10.3. The Balaban J connectivity index is 3.37. The van der Waals surface area contributed by atoms with Crippen LogP contribution in [0.2, 0.25) is 0 Å². The molecular weight excluding hydrogens is 284 g/mol. The molecular formula is C13H15O6S-. The quantitative estimate of drug-likeness (QED) is 0.330. The average Bonchev–Trinajstić information content (AvgIpc) is 2.42. The number of carbonyl (C=O) groups is 1. The van der Waals surface area contributed by atoms with E-state index in [4.69, 9.17) is 14.2 Å². The third kappa shape index (κ3) is 3.82. The van der Waals surface area contributed by atoms with Gasteiger partial charge < -0.3 is 18.8 Å². The molecule has 0 fully saturated rings. The van der Waals surface area contributed by atoms with Crippen LogP contribution in [0.25, 0.3) is 0 Å². The Labute approximate surface area is 119 Å². The molecule has 0 aliphatic carbocycles. The van der Waals surface area contributed by atoms with Gasteiger partial charge >= 0.3 is 5.97 Å². The van der Waals surface area contributed by atoms with Crippen LogP contribution in [-0.2, 0) is 15.9 Å². The maximum Gasteiger partial charge on any atom is 0.335 e. The number of hydrogen-bond donors (Lipinski definition) is 0. The number of esters is 1. The van der Waals surface area contributed by atoms with Crippen molar-refractivity contribution in [1.29, 1.82) is 0 Å². The van der Waals surface area contributed by atoms with Gasteiger partial charge in [-0.1, -0.05) is 6.58 Å². The second kappa shape index (κ2) is 7.66. The second-order valence-corrected chi connectivity index (χ2v) is 4.36. The highest BCUT2D eigenvalue weighted by molar-refractivity contribution is 7.79. The summed E-state index contributed by atoms with van der Waals surface area (Å²) < 4.78 is 38.0. The van der Waals surface area contributed by atoms with Crippen molar-refractivity contribution in [2.45, 2.75) is 18.7 Å². The van der Waals surface area contributed by atoms with Crippen LogP contribution in [0.4, 0.5) is 0 Å². The van der Waals surface area contributed by atoms with E-state index in [0.29, 0.717) is 0 Å². The largest absolute Gasteiger partial charge is 0.768 e. The first-order valence-corrected chi connectivity index (χ1v) is 6.98. The van der Waals surface area contributed by atoms with Gasteiger partial charge in [0.1, 0.15) is 0 Å². The molecule has 0 bridgehead atoms. The van der Waals surface area contributed by atoms with Gasteiger partial charge in [-0.15, -0.1) is 0 Å². The van der Waals surface area contributed by atoms with E-state index in [9.17, 15) is 13.6 Å². The molecule has 1 rings (SSSR count). The summed E-state index contributed by atoms with van der Waals surface area (Å²) in [5.74, 6) is -0.498. The molecule has 110 valence electrons. The number of rotatable bonds is 7. The summed E-state index contributed by atoms with van der Waals surface area (Å²) in [6.07, 6.45) is 0.996. The minimum absolute atomic E-state index is 0.0250. The van der Waals surface area contributed by atoms with E-state index >= 15 is 0 Å². The minimum Gasteiger partial charge on any atom is -0.768 e. The normalized spacial score (nSPS) is 11.6. The fourth-order valence-corrected chi connectivity index (χ4v) is 1.93. The maximum absolute atomic E-state index is 11.3. The molecule has 0 spiro atoms. The van der Waals surface area contributed by atoms with Crippen LogP contribution in [0.15, 0.2) is 29.7 Å². The molecule has 20 heavy (non-hydrogen) atoms. The fraction of sp³-hybridized carbons (Fsp3) is 0.308. The SMILES string of the molecule is C=CC(=O)Oc1ccc(S(=O)[O-])c(OCC)c1OCC. The number of ether oxygens (including phenoxy) is 3. The van der Waals surface area contributed by atoms with Crippen LogP contribution in [0.3, 0.4) is 0 Å². The summed E-state index contributed by atoms with van der Waals surface area (Å²) in [4.78, 5) is 11.2. The topological polar surface area (TPSA) is 84.9 Å². The van der Waals surface area contributed by atoms with E-state index in [1.165, 1.54) is 12.1 Å². The minimum atomic E-state index is -2.49. The zero-order valence-electron chi connectivity index (χ0n) is 11.2. The Hall–Kier alpha value is -1.86. The first-order valence-electron chi connectivity index (χ1n) is 5.91. The first kappa shape index (κ1) is 16.2. The van der Waals surface area contributed by atoms with Crippen molar-refractivity contribution in [3.63, 3.8) is 0 Å². The van der Waals surface area contributed by atoms with Crippen LogP contribution in [0.5, 0.6) is 17.2 Å². The summed E-state index contributed by atoms with van der Waals surface area (Å²) in [5, 5.41) is 0. The molecule has 0 heterocycles. The zero-order chi connectivity index (χ0) is 15.1. The molecule has 0 aliphatic rings. The Morgan fingerprint density at radius 2 is 1.90 bits per heavy atom. The van der Waals surface area contributed by atoms with Gasteiger partial charge in [-0.3, -0.25) is 4.21 Å². The van der Waals surface area contributed by atoms with E-state index in [0.717, 1.165) is 6.08 Å². The molecule has 6 nitrogen and oxygen atoms in total. The fourth-order valence-electron chi connectivity index (χ4n) is 1.45. The van der Waals surface area contributed by atoms with Crippen LogP contribution < -0.4 is 14.2 Å². The molecule has 1 unspecified atom stereocenters. The van der Waals surface area contributed by atoms with Crippen LogP contribution in [0.1, 0.15) is 13.8 Å². The molecule has 0 N–H and O–H groups in total. The third-order valence-electron chi connectivity index (χ3n) is 2.17. The highest BCUT2D eigenvalue weighted by Gasteiger charge is 2.19. The van der Waals surface area contributed by atoms with Gasteiger partial charge in [-0.25, -0.2) is 4.79 Å². The summed E-state index contributed by atoms with van der Waals surface area (Å²) in [6.45, 7) is 7.21. The van der Waals surface area contributed by atoms with Crippen molar-refractivity contribution in [1.82, 2.24) is 0 Å². The summed E-state index contributed by atoms with van der Waals surface area (Å²) in [5.41, 5.74) is 0. The van der Waals surface area contributed by atoms with E-state index in [1.807, 2.05) is 0 Å². The lowest BCUT2D eigenvalue weighted by Crippen LogP contribution is -2.08. The monoisotopic (exact) mass is 299 g/mol. The Morgan fingerprint density at radius 3 is 2.40 bits per heavy atom. The van der Waals surface area contributed by atoms with Gasteiger partial charge in [-0.05, 0) is 37.1 Å². The number of carbonyl (C=O) groups excluding carboxylic acids is 1. The van der Waals surface area contributed by atoms with E-state index in [1.54, 1.807) is 13.8 Å². The van der Waals surface area contributed by atoms with E-state index in [2.05, 4.69) is 6.58 Å². The van der Waals surface area contributed by atoms with Gasteiger partial charge in [0.25, 0.3) is 0 Å². The van der Waals surface area contributed by atoms with Crippen molar-refractivity contribution in [2.75, 3.05) is 13.2 Å². The summed E-state index contributed by atoms with van der Waals surface area (Å²) >= 11 is -2.49. The molecule has 1 aromatic rings. The molecule has 0 aromatic heterocycles. The van der Waals surface area contributed by atoms with Gasteiger partial charge in [0.05, 0.1) is 18.1 Å². The molecule has 1 atom stereocenters. The average molecular weight is 299 g/mol. The van der Waals surface area contributed by atoms with Gasteiger partial charge in [0, 0.05) is 6.08 Å². The Morgan fingerprint density at radius 1 is 1.30 bits per heavy atom. The van der Waals surface area contributed by atoms with Gasteiger partial charge in [-0.2, -0.15) is 0 Å². The smallest absolute Gasteiger partial charge is 0.335 e. The predicted octanol–water partition coefficient (Wildman–Crippen LogP) is 1.81. The van der Waals surface area contributed by atoms with Crippen LogP contribution in [-0.4, -0.2) is 27.9 Å². The molecule has 1 aromatic carbocycles. The summed E-state index contributed by atoms with van der Waals surface area (Å²) in [7, 11) is 0. The number of hydrogen-bond acceptors (Lipinski definition) is 6. The predicted molar refractivity (Wildman–Crippen MR) is 71.8 cm³/mol. The third-order valence-corrected chi connectivity index (χ3v) is 2.85. The molecule has 0 aliphatic heterocycles. The molecule has 0 amide bonds. The molecule has 0 saturated carbocycles. The lowest BCUT2D eigenvalue weighted by Gasteiger charge is -2.18. The summed E-state index contributed by atoms with van der Waals surface area (Å²) in [6, 6.07) is 2.61. The second-order valence-electron chi connectivity index (χ2n) is 3.45.